The first kappa shape index (κ1) is 19.4. The molecule has 2 unspecified atom stereocenters. The van der Waals surface area contributed by atoms with Crippen LogP contribution in [0, 0.1) is 0 Å². The van der Waals surface area contributed by atoms with Gasteiger partial charge in [-0.1, -0.05) is 0 Å². The van der Waals surface area contributed by atoms with Crippen LogP contribution in [0.4, 0.5) is 5.82 Å². The Balaban J connectivity index is 1.73. The molecule has 0 radical (unpaired) electrons. The van der Waals surface area contributed by atoms with E-state index in [1.807, 2.05) is 6.26 Å². The Morgan fingerprint density at radius 3 is 2.81 bits per heavy atom. The molecule has 5 atom stereocenters. The number of hydrogen-bond acceptors (Lipinski definition) is 9. The summed E-state index contributed by atoms with van der Waals surface area (Å²) in [6.07, 6.45) is 2.26. The number of aliphatic hydroxyl groups is 2. The molecule has 0 aromatic carbocycles. The third-order valence-electron chi connectivity index (χ3n) is 4.28. The van der Waals surface area contributed by atoms with Crippen molar-refractivity contribution in [3.63, 3.8) is 0 Å². The molecule has 1 fully saturated rings. The Hall–Kier alpha value is -2.41. The zero-order valence-electron chi connectivity index (χ0n) is 14.5. The van der Waals surface area contributed by atoms with Crippen LogP contribution >= 0.6 is 0 Å². The number of aliphatic carboxylic acids is 1. The predicted molar refractivity (Wildman–Crippen MR) is 98.6 cm³/mol. The number of nitrogens with zero attached hydrogens (tertiary/aromatic N) is 4. The van der Waals surface area contributed by atoms with Crippen molar-refractivity contribution >= 4 is 33.8 Å². The third-order valence-corrected chi connectivity index (χ3v) is 5.92. The number of aliphatic hydroxyl groups excluding tert-OH is 2. The van der Waals surface area contributed by atoms with Gasteiger partial charge in [0.1, 0.15) is 47.4 Å². The van der Waals surface area contributed by atoms with Crippen molar-refractivity contribution in [2.24, 2.45) is 5.73 Å². The summed E-state index contributed by atoms with van der Waals surface area (Å²) < 4.78 is 7.37. The van der Waals surface area contributed by atoms with Gasteiger partial charge in [0.05, 0.1) is 12.6 Å². The van der Waals surface area contributed by atoms with Gasteiger partial charge in [-0.15, -0.1) is 0 Å². The maximum absolute atomic E-state index is 10.7. The summed E-state index contributed by atoms with van der Waals surface area (Å²) >= 11 is 0. The molecule has 1 saturated heterocycles. The normalized spacial score (nSPS) is 27.1. The number of nitrogens with two attached hydrogens (primary N) is 2. The van der Waals surface area contributed by atoms with Gasteiger partial charge in [-0.25, -0.2) is 19.7 Å². The van der Waals surface area contributed by atoms with Crippen molar-refractivity contribution in [2.75, 3.05) is 23.5 Å². The van der Waals surface area contributed by atoms with Crippen LogP contribution in [0.3, 0.4) is 0 Å². The highest BCUT2D eigenvalue weighted by atomic mass is 32.2. The quantitative estimate of drug-likeness (QED) is 0.275. The topological polar surface area (TPSA) is 183 Å². The number of rotatable bonds is 6. The third kappa shape index (κ3) is 3.83. The SMILES string of the molecule is C[S+](C/C=C(/N)C(=O)O)C[C@H]1O[C@@H](n2cnc3c(N)ncnc32)C(O)[C@H]1O. The van der Waals surface area contributed by atoms with E-state index in [1.165, 1.54) is 23.3 Å². The van der Waals surface area contributed by atoms with Gasteiger partial charge in [0.15, 0.2) is 17.7 Å². The highest BCUT2D eigenvalue weighted by Gasteiger charge is 2.46. The van der Waals surface area contributed by atoms with Crippen LogP contribution in [0.2, 0.25) is 0 Å². The van der Waals surface area contributed by atoms with E-state index < -0.39 is 30.5 Å². The van der Waals surface area contributed by atoms with Gasteiger partial charge >= 0.3 is 5.97 Å². The van der Waals surface area contributed by atoms with Gasteiger partial charge < -0.3 is 31.5 Å². The lowest BCUT2D eigenvalue weighted by Gasteiger charge is -2.16. The minimum Gasteiger partial charge on any atom is -0.477 e. The molecular formula is C15H21N6O5S+. The Morgan fingerprint density at radius 2 is 2.11 bits per heavy atom. The number of nitrogen functional groups attached to an aromatic ring is 1. The van der Waals surface area contributed by atoms with Gasteiger partial charge in [-0.3, -0.25) is 4.57 Å². The fraction of sp³-hybridized carbons (Fsp3) is 0.467. The van der Waals surface area contributed by atoms with Gasteiger partial charge in [0.2, 0.25) is 0 Å². The van der Waals surface area contributed by atoms with Crippen LogP contribution in [0.1, 0.15) is 6.23 Å². The summed E-state index contributed by atoms with van der Waals surface area (Å²) in [4.78, 5) is 22.9. The van der Waals surface area contributed by atoms with Crippen molar-refractivity contribution in [2.45, 2.75) is 24.5 Å². The molecule has 0 aliphatic carbocycles. The first-order valence-electron chi connectivity index (χ1n) is 8.02. The average molecular weight is 397 g/mol. The van der Waals surface area contributed by atoms with Crippen molar-refractivity contribution in [3.05, 3.63) is 24.4 Å². The standard InChI is InChI=1S/C15H20N6O5S/c1-27(3-2-7(16)15(24)25)4-8-10(22)11(23)14(26-8)21-6-20-9-12(17)18-5-19-13(9)21/h2,5-6,8,10-11,14,22-23H,3-4,16H2,1H3,(H2-,17,18,19,24,25)/p+1/b7-2+/t8-,10+,11?,14-,27?/m1/s1. The molecular weight excluding hydrogens is 376 g/mol. The van der Waals surface area contributed by atoms with Crippen LogP contribution in [-0.4, -0.2) is 76.9 Å². The zero-order valence-corrected chi connectivity index (χ0v) is 15.3. The molecule has 3 rings (SSSR count). The first-order chi connectivity index (χ1) is 12.8. The van der Waals surface area contributed by atoms with Gasteiger partial charge in [-0.2, -0.15) is 0 Å². The number of ether oxygens (including phenoxy) is 1. The monoisotopic (exact) mass is 397 g/mol. The molecule has 27 heavy (non-hydrogen) atoms. The minimum atomic E-state index is -1.18. The van der Waals surface area contributed by atoms with Crippen molar-refractivity contribution in [3.8, 4) is 0 Å². The second-order valence-electron chi connectivity index (χ2n) is 6.21. The summed E-state index contributed by atoms with van der Waals surface area (Å²) in [6, 6.07) is 0. The molecule has 7 N–H and O–H groups in total. The number of fused-ring (bicyclic) bond motifs is 1. The fourth-order valence-electron chi connectivity index (χ4n) is 2.82. The number of hydrogen-bond donors (Lipinski definition) is 5. The molecule has 0 saturated carbocycles. The van der Waals surface area contributed by atoms with Gasteiger partial charge in [0, 0.05) is 0 Å². The highest BCUT2D eigenvalue weighted by molar-refractivity contribution is 7.96. The van der Waals surface area contributed by atoms with Gasteiger partial charge in [-0.05, 0) is 17.0 Å². The lowest BCUT2D eigenvalue weighted by atomic mass is 10.1. The Morgan fingerprint density at radius 1 is 1.37 bits per heavy atom. The predicted octanol–water partition coefficient (Wildman–Crippen LogP) is -1.80. The Bertz CT molecular complexity index is 873. The molecule has 1 aliphatic heterocycles. The summed E-state index contributed by atoms with van der Waals surface area (Å²) in [5.41, 5.74) is 11.7. The van der Waals surface area contributed by atoms with E-state index in [9.17, 15) is 15.0 Å². The second kappa shape index (κ2) is 7.68. The molecule has 0 spiro atoms. The molecule has 11 nitrogen and oxygen atoms in total. The van der Waals surface area contributed by atoms with Crippen LogP contribution in [0.25, 0.3) is 11.2 Å². The first-order valence-corrected chi connectivity index (χ1v) is 9.99. The largest absolute Gasteiger partial charge is 0.477 e. The maximum atomic E-state index is 10.7. The van der Waals surface area contributed by atoms with E-state index >= 15 is 0 Å². The lowest BCUT2D eigenvalue weighted by molar-refractivity contribution is -0.132. The maximum Gasteiger partial charge on any atom is 0.351 e. The van der Waals surface area contributed by atoms with Crippen LogP contribution in [-0.2, 0) is 20.4 Å². The zero-order chi connectivity index (χ0) is 19.7. The van der Waals surface area contributed by atoms with Crippen molar-refractivity contribution in [1.82, 2.24) is 19.5 Å². The number of imidazole rings is 1. The van der Waals surface area contributed by atoms with Crippen LogP contribution in [0.15, 0.2) is 24.4 Å². The number of carbonyl (C=O) groups is 1. The smallest absolute Gasteiger partial charge is 0.351 e. The number of anilines is 1. The second-order valence-corrected chi connectivity index (χ2v) is 8.44. The van der Waals surface area contributed by atoms with E-state index in [4.69, 9.17) is 21.3 Å². The number of aromatic nitrogens is 4. The van der Waals surface area contributed by atoms with E-state index in [0.717, 1.165) is 0 Å². The molecule has 0 amide bonds. The molecule has 146 valence electrons. The number of carboxylic acids is 1. The summed E-state index contributed by atoms with van der Waals surface area (Å²) in [5, 5.41) is 29.6. The average Bonchev–Trinajstić information content (AvgIpc) is 3.17. The molecule has 3 heterocycles. The van der Waals surface area contributed by atoms with Crippen LogP contribution < -0.4 is 11.5 Å². The molecule has 0 bridgehead atoms. The number of carboxylic acid groups (broad SMARTS) is 1. The summed E-state index contributed by atoms with van der Waals surface area (Å²) in [5.74, 6) is -0.0976. The summed E-state index contributed by atoms with van der Waals surface area (Å²) in [6.45, 7) is 0. The van der Waals surface area contributed by atoms with E-state index in [2.05, 4.69) is 15.0 Å². The molecule has 2 aromatic rings. The lowest BCUT2D eigenvalue weighted by Crippen LogP contribution is -2.35. The molecule has 2 aromatic heterocycles. The highest BCUT2D eigenvalue weighted by Crippen LogP contribution is 2.32. The molecule has 12 heteroatoms. The molecule has 1 aliphatic rings. The minimum absolute atomic E-state index is 0.209. The van der Waals surface area contributed by atoms with Crippen molar-refractivity contribution in [1.29, 1.82) is 0 Å². The van der Waals surface area contributed by atoms with Crippen LogP contribution in [0.5, 0.6) is 0 Å². The van der Waals surface area contributed by atoms with Gasteiger partial charge in [0.25, 0.3) is 0 Å². The van der Waals surface area contributed by atoms with E-state index in [-0.39, 0.29) is 22.4 Å². The Labute approximate surface area is 157 Å². The van der Waals surface area contributed by atoms with E-state index in [1.54, 1.807) is 0 Å². The fourth-order valence-corrected chi connectivity index (χ4v) is 4.26. The van der Waals surface area contributed by atoms with E-state index in [0.29, 0.717) is 22.7 Å². The summed E-state index contributed by atoms with van der Waals surface area (Å²) in [7, 11) is -0.311. The Kier molecular flexibility index (Phi) is 5.51. The van der Waals surface area contributed by atoms with Crippen molar-refractivity contribution < 1.29 is 24.9 Å².